The second-order valence-electron chi connectivity index (χ2n) is 7.46. The Hall–Kier alpha value is -2.91. The van der Waals surface area contributed by atoms with Crippen LogP contribution in [0.4, 0.5) is 11.4 Å². The number of nitrogens with one attached hydrogen (secondary N) is 2. The maximum absolute atomic E-state index is 12.8. The van der Waals surface area contributed by atoms with Gasteiger partial charge in [0, 0.05) is 17.9 Å². The Balaban J connectivity index is 1.55. The van der Waals surface area contributed by atoms with Gasteiger partial charge in [-0.1, -0.05) is 48.0 Å². The lowest BCUT2D eigenvalue weighted by Crippen LogP contribution is -2.36. The lowest BCUT2D eigenvalue weighted by atomic mass is 9.93. The van der Waals surface area contributed by atoms with Gasteiger partial charge in [-0.2, -0.15) is 0 Å². The monoisotopic (exact) mass is 471 g/mol. The summed E-state index contributed by atoms with van der Waals surface area (Å²) in [5, 5.41) is 11.7. The molecule has 1 atom stereocenters. The van der Waals surface area contributed by atoms with Gasteiger partial charge in [0.1, 0.15) is 17.5 Å². The number of sulfonamides is 1. The van der Waals surface area contributed by atoms with Crippen LogP contribution in [0.1, 0.15) is 22.7 Å². The van der Waals surface area contributed by atoms with Gasteiger partial charge in [0.2, 0.25) is 10.0 Å². The van der Waals surface area contributed by atoms with Crippen LogP contribution in [0.25, 0.3) is 0 Å². The molecular formula is C23H22ClN3O4S. The number of carbonyl (C=O) groups excluding carboxylic acids is 1. The van der Waals surface area contributed by atoms with E-state index in [4.69, 9.17) is 21.5 Å². The van der Waals surface area contributed by atoms with Crippen LogP contribution in [0.2, 0.25) is 5.02 Å². The zero-order valence-electron chi connectivity index (χ0n) is 17.0. The highest BCUT2D eigenvalue weighted by Gasteiger charge is 2.28. The molecule has 7 nitrogen and oxygen atoms in total. The van der Waals surface area contributed by atoms with Crippen molar-refractivity contribution in [2.45, 2.75) is 24.0 Å². The molecule has 0 saturated carbocycles. The minimum absolute atomic E-state index is 0.0499. The van der Waals surface area contributed by atoms with Gasteiger partial charge in [-0.15, -0.1) is 0 Å². The summed E-state index contributed by atoms with van der Waals surface area (Å²) in [4.78, 5) is 12.6. The summed E-state index contributed by atoms with van der Waals surface area (Å²) in [7, 11) is -3.96. The van der Waals surface area contributed by atoms with Crippen LogP contribution < -0.4 is 15.8 Å². The van der Waals surface area contributed by atoms with E-state index in [0.717, 1.165) is 23.1 Å². The summed E-state index contributed by atoms with van der Waals surface area (Å²) >= 11 is 5.96. The molecule has 0 spiro atoms. The third kappa shape index (κ3) is 5.11. The number of hydrogen-bond acceptors (Lipinski definition) is 6. The summed E-state index contributed by atoms with van der Waals surface area (Å²) in [6.07, 6.45) is 0.786. The molecule has 0 radical (unpaired) electrons. The van der Waals surface area contributed by atoms with E-state index in [1.807, 2.05) is 48.5 Å². The predicted molar refractivity (Wildman–Crippen MR) is 123 cm³/mol. The molecule has 1 aliphatic rings. The van der Waals surface area contributed by atoms with E-state index < -0.39 is 16.1 Å². The number of halogens is 1. The first-order valence-electron chi connectivity index (χ1n) is 9.97. The largest absolute Gasteiger partial charge is 0.459 e. The molecule has 0 saturated heterocycles. The minimum Gasteiger partial charge on any atom is -0.459 e. The number of ether oxygens (including phenoxy) is 1. The minimum atomic E-state index is -3.96. The summed E-state index contributed by atoms with van der Waals surface area (Å²) in [5.74, 6) is -0.352. The van der Waals surface area contributed by atoms with Crippen LogP contribution in [0.5, 0.6) is 0 Å². The van der Waals surface area contributed by atoms with E-state index in [1.165, 1.54) is 12.1 Å². The molecule has 0 amide bonds. The number of nitrogens with two attached hydrogens (primary N) is 1. The van der Waals surface area contributed by atoms with E-state index in [0.29, 0.717) is 17.9 Å². The number of rotatable bonds is 6. The second kappa shape index (κ2) is 9.30. The van der Waals surface area contributed by atoms with Crippen LogP contribution in [0.15, 0.2) is 71.6 Å². The van der Waals surface area contributed by atoms with Crippen molar-refractivity contribution in [1.29, 1.82) is 0 Å². The molecule has 166 valence electrons. The molecule has 1 unspecified atom stereocenters. The molecule has 3 aromatic rings. The highest BCUT2D eigenvalue weighted by atomic mass is 35.5. The van der Waals surface area contributed by atoms with Crippen LogP contribution in [0.3, 0.4) is 0 Å². The summed E-state index contributed by atoms with van der Waals surface area (Å²) in [5.41, 5.74) is 3.99. The van der Waals surface area contributed by atoms with Gasteiger partial charge in [-0.3, -0.25) is 0 Å². The van der Waals surface area contributed by atoms with Crippen molar-refractivity contribution in [3.05, 3.63) is 88.4 Å². The Morgan fingerprint density at radius 1 is 1.09 bits per heavy atom. The molecule has 1 heterocycles. The Bertz CT molecular complexity index is 1250. The van der Waals surface area contributed by atoms with Crippen LogP contribution in [-0.4, -0.2) is 20.9 Å². The smallest absolute Gasteiger partial charge is 0.328 e. The lowest BCUT2D eigenvalue weighted by Gasteiger charge is -2.26. The van der Waals surface area contributed by atoms with E-state index in [-0.39, 0.29) is 22.5 Å². The molecule has 0 fully saturated rings. The molecule has 0 bridgehead atoms. The number of primary sulfonamides is 1. The molecule has 9 heteroatoms. The molecular weight excluding hydrogens is 450 g/mol. The van der Waals surface area contributed by atoms with Crippen LogP contribution in [0, 0.1) is 0 Å². The quantitative estimate of drug-likeness (QED) is 0.473. The third-order valence-electron chi connectivity index (χ3n) is 5.19. The van der Waals surface area contributed by atoms with Gasteiger partial charge in [0.05, 0.1) is 5.02 Å². The summed E-state index contributed by atoms with van der Waals surface area (Å²) in [6, 6.07) is 19.1. The van der Waals surface area contributed by atoms with Crippen molar-refractivity contribution in [3.63, 3.8) is 0 Å². The van der Waals surface area contributed by atoms with Crippen molar-refractivity contribution in [1.82, 2.24) is 5.32 Å². The first kappa shape index (κ1) is 22.3. The number of carbonyl (C=O) groups is 1. The fraction of sp³-hybridized carbons (Fsp3) is 0.174. The van der Waals surface area contributed by atoms with Crippen molar-refractivity contribution >= 4 is 39.0 Å². The zero-order chi connectivity index (χ0) is 22.7. The maximum atomic E-state index is 12.8. The van der Waals surface area contributed by atoms with Crippen molar-refractivity contribution in [3.8, 4) is 0 Å². The molecule has 32 heavy (non-hydrogen) atoms. The third-order valence-corrected chi connectivity index (χ3v) is 6.58. The lowest BCUT2D eigenvalue weighted by molar-refractivity contribution is -0.147. The highest BCUT2D eigenvalue weighted by molar-refractivity contribution is 7.89. The van der Waals surface area contributed by atoms with Gasteiger partial charge in [0.25, 0.3) is 0 Å². The van der Waals surface area contributed by atoms with Crippen molar-refractivity contribution in [2.75, 3.05) is 11.9 Å². The number of anilines is 2. The summed E-state index contributed by atoms with van der Waals surface area (Å²) < 4.78 is 29.0. The average Bonchev–Trinajstić information content (AvgIpc) is 2.78. The first-order chi connectivity index (χ1) is 15.3. The van der Waals surface area contributed by atoms with Gasteiger partial charge in [0.15, 0.2) is 0 Å². The molecule has 4 rings (SSSR count). The Morgan fingerprint density at radius 3 is 2.56 bits per heavy atom. The Kier molecular flexibility index (Phi) is 6.48. The maximum Gasteiger partial charge on any atom is 0.328 e. The summed E-state index contributed by atoms with van der Waals surface area (Å²) in [6.45, 7) is 0.867. The Labute approximate surface area is 191 Å². The van der Waals surface area contributed by atoms with Crippen molar-refractivity contribution < 1.29 is 17.9 Å². The van der Waals surface area contributed by atoms with Gasteiger partial charge in [-0.05, 0) is 53.4 Å². The number of benzene rings is 3. The molecule has 3 aromatic carbocycles. The normalized spacial score (nSPS) is 15.6. The molecule has 0 aliphatic carbocycles. The SMILES string of the molecule is NS(=O)(=O)c1cc(Nc2ccc3c(c2)C(C(=O)OCc2ccccc2)NCC3)ccc1Cl. The Morgan fingerprint density at radius 2 is 1.81 bits per heavy atom. The average molecular weight is 472 g/mol. The van der Waals surface area contributed by atoms with E-state index in [1.54, 1.807) is 6.07 Å². The number of fused-ring (bicyclic) bond motifs is 1. The standard InChI is InChI=1S/C23H22ClN3O4S/c24-20-9-8-18(13-21(20)32(25,29)30)27-17-7-6-16-10-11-26-22(19(16)12-17)23(28)31-14-15-4-2-1-3-5-15/h1-9,12-13,22,26-27H,10-11,14H2,(H2,25,29,30). The van der Waals surface area contributed by atoms with E-state index >= 15 is 0 Å². The van der Waals surface area contributed by atoms with E-state index in [9.17, 15) is 13.2 Å². The fourth-order valence-electron chi connectivity index (χ4n) is 3.62. The fourth-order valence-corrected chi connectivity index (χ4v) is 4.69. The van der Waals surface area contributed by atoms with Gasteiger partial charge >= 0.3 is 5.97 Å². The molecule has 4 N–H and O–H groups in total. The molecule has 1 aliphatic heterocycles. The highest BCUT2D eigenvalue weighted by Crippen LogP contribution is 2.30. The number of hydrogen-bond donors (Lipinski definition) is 3. The predicted octanol–water partition coefficient (Wildman–Crippen LogP) is 3.66. The zero-order valence-corrected chi connectivity index (χ0v) is 18.6. The van der Waals surface area contributed by atoms with Crippen molar-refractivity contribution in [2.24, 2.45) is 5.14 Å². The second-order valence-corrected chi connectivity index (χ2v) is 9.40. The van der Waals surface area contributed by atoms with Crippen LogP contribution >= 0.6 is 11.6 Å². The van der Waals surface area contributed by atoms with Gasteiger partial charge in [-0.25, -0.2) is 18.4 Å². The van der Waals surface area contributed by atoms with Crippen LogP contribution in [-0.2, 0) is 32.6 Å². The molecule has 0 aromatic heterocycles. The van der Waals surface area contributed by atoms with E-state index in [2.05, 4.69) is 10.6 Å². The first-order valence-corrected chi connectivity index (χ1v) is 11.9. The topological polar surface area (TPSA) is 111 Å². The number of esters is 1. The van der Waals surface area contributed by atoms with Gasteiger partial charge < -0.3 is 15.4 Å².